The molecule has 0 N–H and O–H groups in total. The minimum Gasteiger partial charge on any atom is -0.378 e. The Morgan fingerprint density at radius 2 is 2.00 bits per heavy atom. The molecule has 1 saturated heterocycles. The summed E-state index contributed by atoms with van der Waals surface area (Å²) in [5.41, 5.74) is 1.71. The van der Waals surface area contributed by atoms with Crippen LogP contribution in [0, 0.1) is 6.92 Å². The molecule has 0 spiro atoms. The average molecular weight is 367 g/mol. The number of allylic oxidation sites excluding steroid dienone is 1. The van der Waals surface area contributed by atoms with Crippen LogP contribution in [0.4, 0.5) is 0 Å². The molecule has 1 aromatic rings. The summed E-state index contributed by atoms with van der Waals surface area (Å²) in [5.74, 6) is -0.345. The summed E-state index contributed by atoms with van der Waals surface area (Å²) in [6.07, 6.45) is 3.09. The van der Waals surface area contributed by atoms with E-state index in [-0.39, 0.29) is 17.3 Å². The van der Waals surface area contributed by atoms with Gasteiger partial charge in [0.05, 0.1) is 25.1 Å². The summed E-state index contributed by atoms with van der Waals surface area (Å²) in [7, 11) is -2.63. The first kappa shape index (κ1) is 17.6. The number of rotatable bonds is 3. The number of likely N-dealkylation sites (N-methyl/N-ethyl adjacent to an activating group) is 1. The zero-order chi connectivity index (χ0) is 18.2. The molecule has 1 fully saturated rings. The number of morpholine rings is 1. The molecule has 2 aliphatic heterocycles. The van der Waals surface area contributed by atoms with Crippen molar-refractivity contribution in [3.63, 3.8) is 0 Å². The van der Waals surface area contributed by atoms with Crippen molar-refractivity contribution in [1.82, 2.24) is 19.0 Å². The Labute approximate surface area is 146 Å². The predicted molar refractivity (Wildman–Crippen MR) is 91.3 cm³/mol. The average Bonchev–Trinajstić information content (AvgIpc) is 2.98. The fraction of sp³-hybridized carbons (Fsp3) is 0.533. The molecule has 0 saturated carbocycles. The topological polar surface area (TPSA) is 97.1 Å². The molecule has 0 aromatic carbocycles. The van der Waals surface area contributed by atoms with E-state index in [4.69, 9.17) is 4.74 Å². The summed E-state index contributed by atoms with van der Waals surface area (Å²) < 4.78 is 36.6. The SMILES string of the molecule is CCn1ncc(C2=NS(=O)(=O)N(C)C(C(=O)N3CCOCC3)=C2)c1C. The maximum atomic E-state index is 12.8. The standard InChI is InChI=1S/C15H21N5O4S/c1-4-20-11(2)12(10-16-20)13-9-14(18(3)25(22,23)17-13)15(21)19-5-7-24-8-6-19/h9-10H,4-8H2,1-3H3. The fourth-order valence-corrected chi connectivity index (χ4v) is 3.73. The van der Waals surface area contributed by atoms with Gasteiger partial charge in [0.25, 0.3) is 5.91 Å². The summed E-state index contributed by atoms with van der Waals surface area (Å²) >= 11 is 0. The molecular formula is C15H21N5O4S. The van der Waals surface area contributed by atoms with Gasteiger partial charge in [-0.15, -0.1) is 4.40 Å². The van der Waals surface area contributed by atoms with Crippen molar-refractivity contribution in [3.8, 4) is 0 Å². The second-order valence-corrected chi connectivity index (χ2v) is 7.44. The lowest BCUT2D eigenvalue weighted by molar-refractivity contribution is -0.132. The summed E-state index contributed by atoms with van der Waals surface area (Å²) in [6, 6.07) is 0. The Bertz CT molecular complexity index is 849. The lowest BCUT2D eigenvalue weighted by atomic mass is 10.1. The smallest absolute Gasteiger partial charge is 0.345 e. The van der Waals surface area contributed by atoms with Crippen molar-refractivity contribution in [3.05, 3.63) is 29.2 Å². The molecule has 2 aliphatic rings. The van der Waals surface area contributed by atoms with Crippen molar-refractivity contribution in [2.24, 2.45) is 4.40 Å². The van der Waals surface area contributed by atoms with Gasteiger partial charge in [-0.1, -0.05) is 0 Å². The Morgan fingerprint density at radius 3 is 2.60 bits per heavy atom. The third kappa shape index (κ3) is 3.19. The minimum atomic E-state index is -3.97. The quantitative estimate of drug-likeness (QED) is 0.745. The van der Waals surface area contributed by atoms with Crippen LogP contribution in [0.15, 0.2) is 22.4 Å². The molecular weight excluding hydrogens is 346 g/mol. The summed E-state index contributed by atoms with van der Waals surface area (Å²) in [6.45, 7) is 6.20. The van der Waals surface area contributed by atoms with E-state index in [0.717, 1.165) is 10.00 Å². The molecule has 0 atom stereocenters. The third-order valence-electron chi connectivity index (χ3n) is 4.37. The lowest BCUT2D eigenvalue weighted by Gasteiger charge is -2.31. The van der Waals surface area contributed by atoms with Gasteiger partial charge in [-0.25, -0.2) is 4.31 Å². The summed E-state index contributed by atoms with van der Waals surface area (Å²) in [4.78, 5) is 14.4. The van der Waals surface area contributed by atoms with Crippen LogP contribution >= 0.6 is 0 Å². The van der Waals surface area contributed by atoms with Gasteiger partial charge in [0, 0.05) is 37.9 Å². The zero-order valence-corrected chi connectivity index (χ0v) is 15.3. The van der Waals surface area contributed by atoms with E-state index in [1.54, 1.807) is 15.8 Å². The van der Waals surface area contributed by atoms with Crippen LogP contribution in [0.2, 0.25) is 0 Å². The molecule has 0 radical (unpaired) electrons. The van der Waals surface area contributed by atoms with Crippen molar-refractivity contribution in [1.29, 1.82) is 0 Å². The first-order valence-electron chi connectivity index (χ1n) is 8.05. The van der Waals surface area contributed by atoms with E-state index in [1.165, 1.54) is 13.1 Å². The van der Waals surface area contributed by atoms with Crippen LogP contribution in [0.5, 0.6) is 0 Å². The maximum Gasteiger partial charge on any atom is 0.345 e. The molecule has 0 unspecified atom stereocenters. The molecule has 1 aromatic heterocycles. The number of hydrogen-bond acceptors (Lipinski definition) is 5. The molecule has 0 aliphatic carbocycles. The number of aryl methyl sites for hydroxylation is 1. The molecule has 136 valence electrons. The number of hydrogen-bond donors (Lipinski definition) is 0. The second-order valence-electron chi connectivity index (χ2n) is 5.82. The van der Waals surface area contributed by atoms with E-state index in [1.807, 2.05) is 13.8 Å². The Hall–Kier alpha value is -2.20. The Balaban J connectivity index is 2.02. The lowest BCUT2D eigenvalue weighted by Crippen LogP contribution is -2.45. The number of aromatic nitrogens is 2. The molecule has 25 heavy (non-hydrogen) atoms. The van der Waals surface area contributed by atoms with E-state index in [0.29, 0.717) is 38.4 Å². The second kappa shape index (κ2) is 6.60. The molecule has 3 rings (SSSR count). The van der Waals surface area contributed by atoms with Gasteiger partial charge in [0.1, 0.15) is 5.70 Å². The van der Waals surface area contributed by atoms with Crippen LogP contribution in [-0.2, 0) is 26.3 Å². The van der Waals surface area contributed by atoms with Gasteiger partial charge in [-0.05, 0) is 19.9 Å². The predicted octanol–water partition coefficient (Wildman–Crippen LogP) is -0.0666. The first-order valence-corrected chi connectivity index (χ1v) is 9.45. The monoisotopic (exact) mass is 367 g/mol. The maximum absolute atomic E-state index is 12.8. The van der Waals surface area contributed by atoms with Gasteiger partial charge in [0.2, 0.25) is 0 Å². The highest BCUT2D eigenvalue weighted by Gasteiger charge is 2.33. The van der Waals surface area contributed by atoms with Crippen molar-refractivity contribution < 1.29 is 17.9 Å². The van der Waals surface area contributed by atoms with Crippen LogP contribution in [0.25, 0.3) is 0 Å². The van der Waals surface area contributed by atoms with Crippen molar-refractivity contribution in [2.45, 2.75) is 20.4 Å². The number of ether oxygens (including phenoxy) is 1. The van der Waals surface area contributed by atoms with Crippen LogP contribution in [0.1, 0.15) is 18.2 Å². The molecule has 9 nitrogen and oxygen atoms in total. The third-order valence-corrected chi connectivity index (χ3v) is 5.68. The van der Waals surface area contributed by atoms with Gasteiger partial charge < -0.3 is 9.64 Å². The highest BCUT2D eigenvalue weighted by molar-refractivity contribution is 7.88. The highest BCUT2D eigenvalue weighted by atomic mass is 32.2. The Kier molecular flexibility index (Phi) is 4.65. The van der Waals surface area contributed by atoms with Gasteiger partial charge in [-0.3, -0.25) is 9.48 Å². The minimum absolute atomic E-state index is 0.0792. The first-order chi connectivity index (χ1) is 11.8. The van der Waals surface area contributed by atoms with Gasteiger partial charge in [-0.2, -0.15) is 13.5 Å². The highest BCUT2D eigenvalue weighted by Crippen LogP contribution is 2.22. The van der Waals surface area contributed by atoms with E-state index >= 15 is 0 Å². The van der Waals surface area contributed by atoms with Crippen LogP contribution in [-0.4, -0.2) is 72.4 Å². The largest absolute Gasteiger partial charge is 0.378 e. The van der Waals surface area contributed by atoms with Gasteiger partial charge in [0.15, 0.2) is 0 Å². The zero-order valence-electron chi connectivity index (χ0n) is 14.5. The van der Waals surface area contributed by atoms with E-state index < -0.39 is 10.2 Å². The number of carbonyl (C=O) groups excluding carboxylic acids is 1. The number of amides is 1. The molecule has 0 bridgehead atoms. The van der Waals surface area contributed by atoms with E-state index in [2.05, 4.69) is 9.50 Å². The number of nitrogens with zero attached hydrogens (tertiary/aromatic N) is 5. The molecule has 3 heterocycles. The number of carbonyl (C=O) groups is 1. The van der Waals surface area contributed by atoms with Crippen molar-refractivity contribution >= 4 is 21.8 Å². The van der Waals surface area contributed by atoms with E-state index in [9.17, 15) is 13.2 Å². The summed E-state index contributed by atoms with van der Waals surface area (Å²) in [5, 5.41) is 4.22. The van der Waals surface area contributed by atoms with Crippen molar-refractivity contribution in [2.75, 3.05) is 33.4 Å². The van der Waals surface area contributed by atoms with Gasteiger partial charge >= 0.3 is 10.2 Å². The Morgan fingerprint density at radius 1 is 1.32 bits per heavy atom. The molecule has 10 heteroatoms. The normalized spacial score (nSPS) is 20.3. The van der Waals surface area contributed by atoms with Crippen LogP contribution < -0.4 is 0 Å². The fourth-order valence-electron chi connectivity index (χ4n) is 2.83. The van der Waals surface area contributed by atoms with Crippen LogP contribution in [0.3, 0.4) is 0 Å². The molecule has 1 amide bonds.